The Balaban J connectivity index is 2.07. The van der Waals surface area contributed by atoms with Crippen molar-refractivity contribution in [2.24, 2.45) is 0 Å². The summed E-state index contributed by atoms with van der Waals surface area (Å²) < 4.78 is 59.2. The van der Waals surface area contributed by atoms with E-state index in [2.05, 4.69) is 4.98 Å². The minimum atomic E-state index is -4.75. The SMILES string of the molecule is Cc1cc(C(F)(F)F)cc(N2C(=O)N(C(=O)OC(C)(C)C)CC2C(=O)N(C)c2ccc(F)c(Cl)c2)n1. The van der Waals surface area contributed by atoms with Crippen LogP contribution >= 0.6 is 11.6 Å². The van der Waals surface area contributed by atoms with Crippen LogP contribution < -0.4 is 9.80 Å². The number of hydrogen-bond acceptors (Lipinski definition) is 5. The number of nitrogens with zero attached hydrogens (tertiary/aromatic N) is 4. The lowest BCUT2D eigenvalue weighted by Gasteiger charge is -2.27. The number of benzene rings is 1. The molecule has 0 N–H and O–H groups in total. The number of halogens is 5. The van der Waals surface area contributed by atoms with E-state index in [1.807, 2.05) is 0 Å². The van der Waals surface area contributed by atoms with Crippen molar-refractivity contribution < 1.29 is 36.7 Å². The monoisotopic (exact) mass is 530 g/mol. The Kier molecular flexibility index (Phi) is 7.22. The summed E-state index contributed by atoms with van der Waals surface area (Å²) in [5.41, 5.74) is -1.98. The third kappa shape index (κ3) is 5.69. The summed E-state index contributed by atoms with van der Waals surface area (Å²) in [6.45, 7) is 5.47. The molecule has 2 aromatic rings. The largest absolute Gasteiger partial charge is 0.443 e. The Hall–Kier alpha value is -3.41. The van der Waals surface area contributed by atoms with Gasteiger partial charge in [0.05, 0.1) is 17.1 Å². The molecule has 1 aromatic carbocycles. The van der Waals surface area contributed by atoms with Gasteiger partial charge in [-0.25, -0.2) is 23.9 Å². The minimum absolute atomic E-state index is 0.0618. The molecule has 1 unspecified atom stereocenters. The number of aryl methyl sites for hydroxylation is 1. The topological polar surface area (TPSA) is 83.1 Å². The average Bonchev–Trinajstić information content (AvgIpc) is 3.09. The fourth-order valence-electron chi connectivity index (χ4n) is 3.49. The Morgan fingerprint density at radius 1 is 1.17 bits per heavy atom. The second-order valence-electron chi connectivity index (χ2n) is 9.11. The van der Waals surface area contributed by atoms with Gasteiger partial charge in [0.25, 0.3) is 5.91 Å². The number of aromatic nitrogens is 1. The molecule has 1 aromatic heterocycles. The van der Waals surface area contributed by atoms with Crippen molar-refractivity contribution in [3.63, 3.8) is 0 Å². The van der Waals surface area contributed by atoms with E-state index in [9.17, 15) is 31.9 Å². The fourth-order valence-corrected chi connectivity index (χ4v) is 3.67. The number of carbonyl (C=O) groups is 3. The summed E-state index contributed by atoms with van der Waals surface area (Å²) in [6.07, 6.45) is -5.83. The number of ether oxygens (including phenoxy) is 1. The Morgan fingerprint density at radius 2 is 1.81 bits per heavy atom. The quantitative estimate of drug-likeness (QED) is 0.496. The minimum Gasteiger partial charge on any atom is -0.443 e. The highest BCUT2D eigenvalue weighted by Crippen LogP contribution is 2.34. The molecule has 194 valence electrons. The molecule has 3 rings (SSSR count). The average molecular weight is 531 g/mol. The molecule has 0 radical (unpaired) electrons. The lowest BCUT2D eigenvalue weighted by Crippen LogP contribution is -2.47. The van der Waals surface area contributed by atoms with Crippen molar-refractivity contribution in [2.45, 2.75) is 45.5 Å². The third-order valence-corrected chi connectivity index (χ3v) is 5.43. The molecule has 1 atom stereocenters. The summed E-state index contributed by atoms with van der Waals surface area (Å²) in [4.78, 5) is 45.8. The van der Waals surface area contributed by atoms with E-state index in [4.69, 9.17) is 16.3 Å². The number of anilines is 2. The molecule has 1 fully saturated rings. The summed E-state index contributed by atoms with van der Waals surface area (Å²) in [5.74, 6) is -1.98. The molecular weight excluding hydrogens is 508 g/mol. The van der Waals surface area contributed by atoms with Gasteiger partial charge >= 0.3 is 18.3 Å². The smallest absolute Gasteiger partial charge is 0.418 e. The van der Waals surface area contributed by atoms with Crippen LogP contribution in [0.3, 0.4) is 0 Å². The second kappa shape index (κ2) is 9.57. The van der Waals surface area contributed by atoms with Crippen LogP contribution in [0.15, 0.2) is 30.3 Å². The number of urea groups is 1. The molecule has 0 aliphatic carbocycles. The maximum atomic E-state index is 13.6. The molecule has 0 saturated carbocycles. The Bertz CT molecular complexity index is 1220. The standard InChI is InChI=1S/C23H23ClF4N4O4/c1-12-8-13(23(26,27)28)9-18(29-12)32-17(11-31(20(32)34)21(35)36-22(2,3)4)19(33)30(5)14-6-7-16(25)15(24)10-14/h6-10,17H,11H2,1-5H3. The van der Waals surface area contributed by atoms with Gasteiger partial charge in [-0.3, -0.25) is 9.69 Å². The first-order valence-electron chi connectivity index (χ1n) is 10.6. The van der Waals surface area contributed by atoms with Crippen LogP contribution in [0.1, 0.15) is 32.0 Å². The molecular formula is C23H23ClF4N4O4. The second-order valence-corrected chi connectivity index (χ2v) is 9.52. The number of imide groups is 1. The summed E-state index contributed by atoms with van der Waals surface area (Å²) in [6, 6.07) is 2.34. The van der Waals surface area contributed by atoms with E-state index >= 15 is 0 Å². The van der Waals surface area contributed by atoms with Crippen LogP contribution in [0.25, 0.3) is 0 Å². The van der Waals surface area contributed by atoms with E-state index in [1.165, 1.54) is 26.1 Å². The van der Waals surface area contributed by atoms with Crippen LogP contribution in [-0.2, 0) is 15.7 Å². The maximum Gasteiger partial charge on any atom is 0.418 e. The number of pyridine rings is 1. The third-order valence-electron chi connectivity index (χ3n) is 5.14. The molecule has 0 bridgehead atoms. The highest BCUT2D eigenvalue weighted by molar-refractivity contribution is 6.31. The van der Waals surface area contributed by atoms with Crippen LogP contribution in [0, 0.1) is 12.7 Å². The van der Waals surface area contributed by atoms with Crippen molar-refractivity contribution in [2.75, 3.05) is 23.4 Å². The van der Waals surface area contributed by atoms with Crippen molar-refractivity contribution >= 4 is 41.1 Å². The van der Waals surface area contributed by atoms with E-state index in [0.717, 1.165) is 21.9 Å². The summed E-state index contributed by atoms with van der Waals surface area (Å²) in [7, 11) is 1.31. The molecule has 0 spiro atoms. The van der Waals surface area contributed by atoms with E-state index in [-0.39, 0.29) is 16.4 Å². The molecule has 2 heterocycles. The normalized spacial score (nSPS) is 16.4. The fraction of sp³-hybridized carbons (Fsp3) is 0.391. The van der Waals surface area contributed by atoms with Gasteiger partial charge in [-0.05, 0) is 58.0 Å². The zero-order valence-electron chi connectivity index (χ0n) is 20.0. The number of rotatable bonds is 3. The lowest BCUT2D eigenvalue weighted by molar-refractivity contribution is -0.137. The van der Waals surface area contributed by atoms with Gasteiger partial charge in [-0.2, -0.15) is 13.2 Å². The Morgan fingerprint density at radius 3 is 2.36 bits per heavy atom. The number of alkyl halides is 3. The maximum absolute atomic E-state index is 13.6. The van der Waals surface area contributed by atoms with E-state index in [1.54, 1.807) is 20.8 Å². The van der Waals surface area contributed by atoms with Gasteiger partial charge in [0, 0.05) is 18.4 Å². The van der Waals surface area contributed by atoms with Gasteiger partial charge in [0.1, 0.15) is 23.3 Å². The van der Waals surface area contributed by atoms with Gasteiger partial charge in [0.2, 0.25) is 0 Å². The van der Waals surface area contributed by atoms with E-state index < -0.39 is 59.6 Å². The molecule has 36 heavy (non-hydrogen) atoms. The zero-order chi connectivity index (χ0) is 27.2. The van der Waals surface area contributed by atoms with Crippen LogP contribution in [-0.4, -0.2) is 53.2 Å². The van der Waals surface area contributed by atoms with Crippen molar-refractivity contribution in [3.05, 3.63) is 52.4 Å². The Labute approximate surface area is 209 Å². The zero-order valence-corrected chi connectivity index (χ0v) is 20.7. The first-order chi connectivity index (χ1) is 16.5. The van der Waals surface area contributed by atoms with Crippen LogP contribution in [0.4, 0.5) is 38.7 Å². The molecule has 4 amide bonds. The number of amides is 4. The number of likely N-dealkylation sites (N-methyl/N-ethyl adjacent to an activating group) is 1. The summed E-state index contributed by atoms with van der Waals surface area (Å²) in [5, 5.41) is -0.267. The van der Waals surface area contributed by atoms with Crippen molar-refractivity contribution in [1.82, 2.24) is 9.88 Å². The van der Waals surface area contributed by atoms with Crippen LogP contribution in [0.2, 0.25) is 5.02 Å². The first-order valence-corrected chi connectivity index (χ1v) is 11.0. The van der Waals surface area contributed by atoms with E-state index in [0.29, 0.717) is 11.0 Å². The van der Waals surface area contributed by atoms with Crippen LogP contribution in [0.5, 0.6) is 0 Å². The predicted octanol–water partition coefficient (Wildman–Crippen LogP) is 5.41. The summed E-state index contributed by atoms with van der Waals surface area (Å²) >= 11 is 5.81. The number of hydrogen-bond donors (Lipinski definition) is 0. The highest BCUT2D eigenvalue weighted by Gasteiger charge is 2.48. The molecule has 1 saturated heterocycles. The predicted molar refractivity (Wildman–Crippen MR) is 123 cm³/mol. The molecule has 1 aliphatic rings. The molecule has 8 nitrogen and oxygen atoms in total. The van der Waals surface area contributed by atoms with Gasteiger partial charge in [-0.15, -0.1) is 0 Å². The lowest BCUT2D eigenvalue weighted by atomic mass is 10.1. The van der Waals surface area contributed by atoms with Gasteiger partial charge in [-0.1, -0.05) is 11.6 Å². The van der Waals surface area contributed by atoms with Crippen molar-refractivity contribution in [1.29, 1.82) is 0 Å². The first kappa shape index (κ1) is 27.2. The number of carbonyl (C=O) groups excluding carboxylic acids is 3. The molecule has 13 heteroatoms. The van der Waals surface area contributed by atoms with Gasteiger partial charge in [0.15, 0.2) is 0 Å². The molecule has 1 aliphatic heterocycles. The van der Waals surface area contributed by atoms with Gasteiger partial charge < -0.3 is 9.64 Å². The highest BCUT2D eigenvalue weighted by atomic mass is 35.5. The van der Waals surface area contributed by atoms with Crippen molar-refractivity contribution in [3.8, 4) is 0 Å².